The van der Waals surface area contributed by atoms with Crippen LogP contribution in [-0.2, 0) is 9.59 Å². The van der Waals surface area contributed by atoms with Gasteiger partial charge < -0.3 is 0 Å². The highest BCUT2D eigenvalue weighted by Crippen LogP contribution is 2.30. The van der Waals surface area contributed by atoms with Crippen molar-refractivity contribution >= 4 is 11.6 Å². The first kappa shape index (κ1) is 12.0. The van der Waals surface area contributed by atoms with E-state index in [0.29, 0.717) is 18.8 Å². The predicted molar refractivity (Wildman–Crippen MR) is 67.1 cm³/mol. The van der Waals surface area contributed by atoms with Crippen LogP contribution in [0.3, 0.4) is 0 Å². The summed E-state index contributed by atoms with van der Waals surface area (Å²) in [6.07, 6.45) is 1.18. The molecule has 0 radical (unpaired) electrons. The summed E-state index contributed by atoms with van der Waals surface area (Å²) >= 11 is 0. The molecule has 1 aliphatic carbocycles. The van der Waals surface area contributed by atoms with E-state index in [1.807, 2.05) is 0 Å². The first-order chi connectivity index (χ1) is 8.06. The molecule has 17 heavy (non-hydrogen) atoms. The Morgan fingerprint density at radius 2 is 1.53 bits per heavy atom. The number of Topliss-reactive ketones (excluding diaryl/α,β-unsaturated/α-hetero) is 2. The van der Waals surface area contributed by atoms with Gasteiger partial charge in [-0.2, -0.15) is 0 Å². The lowest BCUT2D eigenvalue weighted by atomic mass is 9.82. The molecule has 1 aliphatic rings. The van der Waals surface area contributed by atoms with Gasteiger partial charge in [0, 0.05) is 12.8 Å². The molecule has 2 rings (SSSR count). The number of carbonyl (C=O) groups is 2. The van der Waals surface area contributed by atoms with E-state index in [4.69, 9.17) is 0 Å². The van der Waals surface area contributed by atoms with Crippen LogP contribution in [0.1, 0.15) is 56.1 Å². The van der Waals surface area contributed by atoms with Gasteiger partial charge >= 0.3 is 0 Å². The van der Waals surface area contributed by atoms with Crippen molar-refractivity contribution in [2.45, 2.75) is 44.9 Å². The second kappa shape index (κ2) is 4.82. The van der Waals surface area contributed by atoms with Crippen LogP contribution in [0.4, 0.5) is 0 Å². The Labute approximate surface area is 102 Å². The lowest BCUT2D eigenvalue weighted by molar-refractivity contribution is -0.130. The molecule has 0 saturated heterocycles. The maximum absolute atomic E-state index is 11.4. The Balaban J connectivity index is 2.16. The first-order valence-electron chi connectivity index (χ1n) is 6.19. The van der Waals surface area contributed by atoms with Crippen molar-refractivity contribution in [3.63, 3.8) is 0 Å². The Bertz CT molecular complexity index is 413. The lowest BCUT2D eigenvalue weighted by Crippen LogP contribution is -2.21. The van der Waals surface area contributed by atoms with E-state index in [2.05, 4.69) is 38.1 Å². The fourth-order valence-corrected chi connectivity index (χ4v) is 2.37. The number of ketones is 2. The van der Waals surface area contributed by atoms with Gasteiger partial charge in [0.1, 0.15) is 11.6 Å². The van der Waals surface area contributed by atoms with Crippen molar-refractivity contribution in [2.75, 3.05) is 0 Å². The SMILES string of the molecule is CC(C)c1ccc(C2CC(=O)CC(=O)C2)cc1. The summed E-state index contributed by atoms with van der Waals surface area (Å²) < 4.78 is 0. The Hall–Kier alpha value is -1.44. The topological polar surface area (TPSA) is 34.1 Å². The molecule has 1 aromatic rings. The molecule has 90 valence electrons. The molecular weight excluding hydrogens is 212 g/mol. The second-order valence-corrected chi connectivity index (χ2v) is 5.18. The van der Waals surface area contributed by atoms with Gasteiger partial charge in [-0.3, -0.25) is 9.59 Å². The molecule has 0 amide bonds. The minimum absolute atomic E-state index is 0.0826. The van der Waals surface area contributed by atoms with Crippen LogP contribution < -0.4 is 0 Å². The van der Waals surface area contributed by atoms with Crippen LogP contribution in [-0.4, -0.2) is 11.6 Å². The van der Waals surface area contributed by atoms with E-state index < -0.39 is 0 Å². The number of rotatable bonds is 2. The second-order valence-electron chi connectivity index (χ2n) is 5.18. The molecule has 0 spiro atoms. The normalized spacial score (nSPS) is 17.8. The quantitative estimate of drug-likeness (QED) is 0.731. The third-order valence-corrected chi connectivity index (χ3v) is 3.42. The zero-order valence-electron chi connectivity index (χ0n) is 10.4. The predicted octanol–water partition coefficient (Wildman–Crippen LogP) is 3.22. The van der Waals surface area contributed by atoms with Crippen molar-refractivity contribution in [3.05, 3.63) is 35.4 Å². The minimum Gasteiger partial charge on any atom is -0.299 e. The number of hydrogen-bond acceptors (Lipinski definition) is 2. The van der Waals surface area contributed by atoms with E-state index in [-0.39, 0.29) is 23.9 Å². The number of carbonyl (C=O) groups excluding carboxylic acids is 2. The summed E-state index contributed by atoms with van der Waals surface area (Å²) in [4.78, 5) is 22.8. The lowest BCUT2D eigenvalue weighted by Gasteiger charge is -2.20. The van der Waals surface area contributed by atoms with E-state index in [1.165, 1.54) is 5.56 Å². The van der Waals surface area contributed by atoms with E-state index in [1.54, 1.807) is 0 Å². The van der Waals surface area contributed by atoms with Gasteiger partial charge in [0.2, 0.25) is 0 Å². The van der Waals surface area contributed by atoms with Crippen LogP contribution in [0, 0.1) is 0 Å². The van der Waals surface area contributed by atoms with Crippen LogP contribution in [0.25, 0.3) is 0 Å². The van der Waals surface area contributed by atoms with Crippen LogP contribution >= 0.6 is 0 Å². The fourth-order valence-electron chi connectivity index (χ4n) is 2.37. The number of hydrogen-bond donors (Lipinski definition) is 0. The summed E-state index contributed by atoms with van der Waals surface area (Å²) in [6, 6.07) is 8.32. The van der Waals surface area contributed by atoms with Gasteiger partial charge in [-0.05, 0) is 23.0 Å². The summed E-state index contributed by atoms with van der Waals surface area (Å²) in [5.41, 5.74) is 2.41. The molecule has 0 aliphatic heterocycles. The Morgan fingerprint density at radius 3 is 2.00 bits per heavy atom. The molecule has 1 saturated carbocycles. The summed E-state index contributed by atoms with van der Waals surface area (Å²) in [5.74, 6) is 0.780. The Kier molecular flexibility index (Phi) is 3.41. The number of benzene rings is 1. The van der Waals surface area contributed by atoms with Gasteiger partial charge in [0.05, 0.1) is 6.42 Å². The highest BCUT2D eigenvalue weighted by Gasteiger charge is 2.26. The minimum atomic E-state index is 0.0826. The van der Waals surface area contributed by atoms with Crippen molar-refractivity contribution in [1.82, 2.24) is 0 Å². The molecule has 1 aromatic carbocycles. The van der Waals surface area contributed by atoms with Gasteiger partial charge in [-0.15, -0.1) is 0 Å². The molecule has 0 aromatic heterocycles. The monoisotopic (exact) mass is 230 g/mol. The molecule has 1 fully saturated rings. The summed E-state index contributed by atoms with van der Waals surface area (Å²) in [6.45, 7) is 4.31. The van der Waals surface area contributed by atoms with Gasteiger partial charge in [-0.25, -0.2) is 0 Å². The molecular formula is C15H18O2. The summed E-state index contributed by atoms with van der Waals surface area (Å²) in [7, 11) is 0. The molecule has 0 heterocycles. The molecule has 0 bridgehead atoms. The largest absolute Gasteiger partial charge is 0.299 e. The molecule has 0 N–H and O–H groups in total. The average molecular weight is 230 g/mol. The standard InChI is InChI=1S/C15H18O2/c1-10(2)11-3-5-12(6-4-11)13-7-14(16)9-15(17)8-13/h3-6,10,13H,7-9H2,1-2H3. The van der Waals surface area contributed by atoms with Crippen molar-refractivity contribution in [1.29, 1.82) is 0 Å². The van der Waals surface area contributed by atoms with Crippen molar-refractivity contribution in [3.8, 4) is 0 Å². The summed E-state index contributed by atoms with van der Waals surface area (Å²) in [5, 5.41) is 0. The highest BCUT2D eigenvalue weighted by atomic mass is 16.1. The van der Waals surface area contributed by atoms with E-state index in [0.717, 1.165) is 5.56 Å². The molecule has 0 unspecified atom stereocenters. The van der Waals surface area contributed by atoms with E-state index >= 15 is 0 Å². The smallest absolute Gasteiger partial charge is 0.140 e. The highest BCUT2D eigenvalue weighted by molar-refractivity contribution is 6.02. The molecule has 0 atom stereocenters. The zero-order chi connectivity index (χ0) is 12.4. The average Bonchev–Trinajstić information content (AvgIpc) is 2.28. The van der Waals surface area contributed by atoms with E-state index in [9.17, 15) is 9.59 Å². The molecule has 2 heteroatoms. The van der Waals surface area contributed by atoms with Gasteiger partial charge in [-0.1, -0.05) is 38.1 Å². The van der Waals surface area contributed by atoms with Gasteiger partial charge in [0.25, 0.3) is 0 Å². The Morgan fingerprint density at radius 1 is 1.00 bits per heavy atom. The third-order valence-electron chi connectivity index (χ3n) is 3.42. The van der Waals surface area contributed by atoms with Crippen LogP contribution in [0.5, 0.6) is 0 Å². The van der Waals surface area contributed by atoms with Crippen LogP contribution in [0.2, 0.25) is 0 Å². The zero-order valence-corrected chi connectivity index (χ0v) is 10.4. The van der Waals surface area contributed by atoms with Crippen molar-refractivity contribution < 1.29 is 9.59 Å². The van der Waals surface area contributed by atoms with Crippen molar-refractivity contribution in [2.24, 2.45) is 0 Å². The van der Waals surface area contributed by atoms with Crippen LogP contribution in [0.15, 0.2) is 24.3 Å². The van der Waals surface area contributed by atoms with Gasteiger partial charge in [0.15, 0.2) is 0 Å². The first-order valence-corrected chi connectivity index (χ1v) is 6.19. The molecule has 2 nitrogen and oxygen atoms in total. The maximum atomic E-state index is 11.4. The fraction of sp³-hybridized carbons (Fsp3) is 0.467. The maximum Gasteiger partial charge on any atom is 0.140 e. The third kappa shape index (κ3) is 2.82.